The van der Waals surface area contributed by atoms with E-state index in [0.29, 0.717) is 0 Å². The summed E-state index contributed by atoms with van der Waals surface area (Å²) in [4.78, 5) is 22.5. The highest BCUT2D eigenvalue weighted by Gasteiger charge is 2.42. The van der Waals surface area contributed by atoms with Gasteiger partial charge in [0.15, 0.2) is 0 Å². The minimum Gasteiger partial charge on any atom is -0.458 e. The van der Waals surface area contributed by atoms with Gasteiger partial charge < -0.3 is 10.1 Å². The lowest BCUT2D eigenvalue weighted by Gasteiger charge is -2.26. The molecule has 0 aliphatic rings. The van der Waals surface area contributed by atoms with E-state index in [9.17, 15) is 22.8 Å². The van der Waals surface area contributed by atoms with Gasteiger partial charge in [-0.2, -0.15) is 13.2 Å². The topological polar surface area (TPSA) is 55.4 Å². The van der Waals surface area contributed by atoms with Gasteiger partial charge in [0.05, 0.1) is 0 Å². The molecule has 0 saturated carbocycles. The molecule has 0 bridgehead atoms. The van der Waals surface area contributed by atoms with Crippen molar-refractivity contribution in [1.29, 1.82) is 0 Å². The summed E-state index contributed by atoms with van der Waals surface area (Å²) in [6.07, 6.45) is -5.02. The standard InChI is InChI=1S/C11H18F3NO3/c1-6(2)7(8(16)18-10(3,4)5)15-9(17)11(12,13)14/h6-7H,1-5H3,(H,15,17)/t7-/m1/s1. The van der Waals surface area contributed by atoms with E-state index < -0.39 is 35.6 Å². The smallest absolute Gasteiger partial charge is 0.458 e. The van der Waals surface area contributed by atoms with Crippen molar-refractivity contribution in [3.63, 3.8) is 0 Å². The second-order valence-electron chi connectivity index (χ2n) is 5.23. The van der Waals surface area contributed by atoms with Crippen molar-refractivity contribution in [2.45, 2.75) is 52.4 Å². The number of ether oxygens (including phenoxy) is 1. The van der Waals surface area contributed by atoms with Crippen molar-refractivity contribution in [1.82, 2.24) is 5.32 Å². The summed E-state index contributed by atoms with van der Waals surface area (Å²) in [7, 11) is 0. The first-order chi connectivity index (χ1) is 7.84. The van der Waals surface area contributed by atoms with Gasteiger partial charge in [-0.1, -0.05) is 13.8 Å². The van der Waals surface area contributed by atoms with Crippen molar-refractivity contribution < 1.29 is 27.5 Å². The molecule has 0 heterocycles. The number of hydrogen-bond donors (Lipinski definition) is 1. The molecule has 0 aliphatic carbocycles. The zero-order chi connectivity index (χ0) is 14.7. The van der Waals surface area contributed by atoms with E-state index in [1.54, 1.807) is 26.1 Å². The van der Waals surface area contributed by atoms with Crippen LogP contribution in [0.15, 0.2) is 0 Å². The Morgan fingerprint density at radius 2 is 1.56 bits per heavy atom. The maximum absolute atomic E-state index is 12.1. The molecule has 0 saturated heterocycles. The van der Waals surface area contributed by atoms with Crippen LogP contribution in [0.1, 0.15) is 34.6 Å². The third kappa shape index (κ3) is 5.88. The van der Waals surface area contributed by atoms with E-state index >= 15 is 0 Å². The molecule has 7 heteroatoms. The van der Waals surface area contributed by atoms with Crippen LogP contribution in [0.4, 0.5) is 13.2 Å². The van der Waals surface area contributed by atoms with Crippen LogP contribution in [0.2, 0.25) is 0 Å². The Morgan fingerprint density at radius 1 is 1.11 bits per heavy atom. The molecule has 1 N–H and O–H groups in total. The molecular formula is C11H18F3NO3. The molecule has 1 amide bonds. The summed E-state index contributed by atoms with van der Waals surface area (Å²) in [5.41, 5.74) is -0.826. The van der Waals surface area contributed by atoms with Crippen LogP contribution in [0.25, 0.3) is 0 Å². The number of rotatable bonds is 3. The zero-order valence-electron chi connectivity index (χ0n) is 11.0. The molecule has 0 aromatic heterocycles. The first kappa shape index (κ1) is 16.7. The second kappa shape index (κ2) is 5.58. The van der Waals surface area contributed by atoms with Crippen molar-refractivity contribution in [2.24, 2.45) is 5.92 Å². The van der Waals surface area contributed by atoms with Gasteiger partial charge in [0.2, 0.25) is 0 Å². The molecule has 0 fully saturated rings. The highest BCUT2D eigenvalue weighted by Crippen LogP contribution is 2.17. The van der Waals surface area contributed by atoms with Crippen LogP contribution >= 0.6 is 0 Å². The van der Waals surface area contributed by atoms with Crippen LogP contribution in [-0.2, 0) is 14.3 Å². The van der Waals surface area contributed by atoms with Gasteiger partial charge in [-0.15, -0.1) is 0 Å². The molecule has 0 aromatic carbocycles. The molecule has 0 rings (SSSR count). The van der Waals surface area contributed by atoms with Gasteiger partial charge in [0.1, 0.15) is 11.6 Å². The molecule has 0 aromatic rings. The molecule has 0 radical (unpaired) electrons. The Kier molecular flexibility index (Phi) is 5.19. The Balaban J connectivity index is 4.79. The van der Waals surface area contributed by atoms with Crippen LogP contribution in [0, 0.1) is 5.92 Å². The molecule has 18 heavy (non-hydrogen) atoms. The predicted octanol–water partition coefficient (Wildman–Crippen LogP) is 2.03. The first-order valence-corrected chi connectivity index (χ1v) is 5.45. The lowest BCUT2D eigenvalue weighted by atomic mass is 10.0. The molecule has 0 unspecified atom stereocenters. The number of nitrogens with one attached hydrogen (secondary N) is 1. The summed E-state index contributed by atoms with van der Waals surface area (Å²) in [5.74, 6) is -3.53. The fraction of sp³-hybridized carbons (Fsp3) is 0.818. The van der Waals surface area contributed by atoms with Crippen LogP contribution in [-0.4, -0.2) is 29.7 Å². The fourth-order valence-electron chi connectivity index (χ4n) is 1.09. The third-order valence-electron chi connectivity index (χ3n) is 1.87. The minimum atomic E-state index is -5.02. The summed E-state index contributed by atoms with van der Waals surface area (Å²) in [6, 6.07) is -1.32. The monoisotopic (exact) mass is 269 g/mol. The first-order valence-electron chi connectivity index (χ1n) is 5.45. The second-order valence-corrected chi connectivity index (χ2v) is 5.23. The van der Waals surface area contributed by atoms with Crippen LogP contribution < -0.4 is 5.32 Å². The molecule has 4 nitrogen and oxygen atoms in total. The number of halogens is 3. The quantitative estimate of drug-likeness (QED) is 0.798. The summed E-state index contributed by atoms with van der Waals surface area (Å²) < 4.78 is 41.3. The molecule has 106 valence electrons. The summed E-state index contributed by atoms with van der Waals surface area (Å²) >= 11 is 0. The molecule has 1 atom stereocenters. The average Bonchev–Trinajstić information content (AvgIpc) is 2.07. The van der Waals surface area contributed by atoms with E-state index in [1.165, 1.54) is 13.8 Å². The van der Waals surface area contributed by atoms with Crippen LogP contribution in [0.5, 0.6) is 0 Å². The van der Waals surface area contributed by atoms with Gasteiger partial charge in [-0.05, 0) is 26.7 Å². The number of carbonyl (C=O) groups is 2. The number of hydrogen-bond acceptors (Lipinski definition) is 3. The highest BCUT2D eigenvalue weighted by atomic mass is 19.4. The van der Waals surface area contributed by atoms with Crippen molar-refractivity contribution in [3.05, 3.63) is 0 Å². The lowest BCUT2D eigenvalue weighted by Crippen LogP contribution is -2.51. The molecule has 0 spiro atoms. The maximum atomic E-state index is 12.1. The number of amides is 1. The van der Waals surface area contributed by atoms with E-state index in [-0.39, 0.29) is 0 Å². The number of carbonyl (C=O) groups excluding carboxylic acids is 2. The zero-order valence-corrected chi connectivity index (χ0v) is 11.0. The van der Waals surface area contributed by atoms with E-state index in [2.05, 4.69) is 0 Å². The number of alkyl halides is 3. The maximum Gasteiger partial charge on any atom is 0.471 e. The van der Waals surface area contributed by atoms with E-state index in [0.717, 1.165) is 0 Å². The van der Waals surface area contributed by atoms with Crippen LogP contribution in [0.3, 0.4) is 0 Å². The lowest BCUT2D eigenvalue weighted by molar-refractivity contribution is -0.177. The Hall–Kier alpha value is -1.27. The minimum absolute atomic E-state index is 0.508. The number of esters is 1. The Bertz CT molecular complexity index is 318. The van der Waals surface area contributed by atoms with Gasteiger partial charge in [0.25, 0.3) is 0 Å². The van der Waals surface area contributed by atoms with Gasteiger partial charge in [-0.3, -0.25) is 4.79 Å². The van der Waals surface area contributed by atoms with Crippen molar-refractivity contribution in [3.8, 4) is 0 Å². The van der Waals surface area contributed by atoms with Crippen molar-refractivity contribution >= 4 is 11.9 Å². The largest absolute Gasteiger partial charge is 0.471 e. The van der Waals surface area contributed by atoms with Gasteiger partial charge in [0, 0.05) is 0 Å². The fourth-order valence-corrected chi connectivity index (χ4v) is 1.09. The summed E-state index contributed by atoms with van der Waals surface area (Å²) in [5, 5.41) is 1.64. The third-order valence-corrected chi connectivity index (χ3v) is 1.87. The Morgan fingerprint density at radius 3 is 1.83 bits per heavy atom. The average molecular weight is 269 g/mol. The van der Waals surface area contributed by atoms with Gasteiger partial charge in [-0.25, -0.2) is 4.79 Å². The van der Waals surface area contributed by atoms with Gasteiger partial charge >= 0.3 is 18.1 Å². The molecule has 0 aliphatic heterocycles. The van der Waals surface area contributed by atoms with E-state index in [4.69, 9.17) is 4.74 Å². The molecular weight excluding hydrogens is 251 g/mol. The van der Waals surface area contributed by atoms with E-state index in [1.807, 2.05) is 0 Å². The SMILES string of the molecule is CC(C)[C@@H](NC(=O)C(F)(F)F)C(=O)OC(C)(C)C. The Labute approximate surface area is 104 Å². The van der Waals surface area contributed by atoms with Crippen molar-refractivity contribution in [2.75, 3.05) is 0 Å². The normalized spacial score (nSPS) is 14.3. The predicted molar refractivity (Wildman–Crippen MR) is 58.7 cm³/mol. The highest BCUT2D eigenvalue weighted by molar-refractivity contribution is 5.87. The summed E-state index contributed by atoms with van der Waals surface area (Å²) in [6.45, 7) is 7.81.